The second-order valence-corrected chi connectivity index (χ2v) is 7.33. The Hall–Kier alpha value is -2.36. The van der Waals surface area contributed by atoms with Crippen molar-refractivity contribution in [2.45, 2.75) is 25.3 Å². The molecule has 2 N–H and O–H groups in total. The molecule has 1 fully saturated rings. The van der Waals surface area contributed by atoms with Crippen LogP contribution >= 0.6 is 23.7 Å². The normalized spacial score (nSPS) is 16.6. The van der Waals surface area contributed by atoms with E-state index in [2.05, 4.69) is 15.1 Å². The van der Waals surface area contributed by atoms with Gasteiger partial charge < -0.3 is 15.2 Å². The van der Waals surface area contributed by atoms with E-state index >= 15 is 0 Å². The van der Waals surface area contributed by atoms with Crippen molar-refractivity contribution in [3.8, 4) is 11.4 Å². The third kappa shape index (κ3) is 4.21. The Bertz CT molecular complexity index is 946. The molecule has 1 aliphatic rings. The molecule has 0 radical (unpaired) electrons. The van der Waals surface area contributed by atoms with Crippen LogP contribution in [0.2, 0.25) is 0 Å². The van der Waals surface area contributed by atoms with Gasteiger partial charge in [0.25, 0.3) is 5.91 Å². The van der Waals surface area contributed by atoms with Gasteiger partial charge in [0.1, 0.15) is 16.5 Å². The van der Waals surface area contributed by atoms with Crippen molar-refractivity contribution in [2.24, 2.45) is 5.73 Å². The van der Waals surface area contributed by atoms with Gasteiger partial charge in [-0.3, -0.25) is 4.79 Å². The maximum absolute atomic E-state index is 13.1. The maximum atomic E-state index is 13.1. The first-order valence-electron chi connectivity index (χ1n) is 8.67. The monoisotopic (exact) mass is 423 g/mol. The van der Waals surface area contributed by atoms with E-state index in [1.54, 1.807) is 22.4 Å². The van der Waals surface area contributed by atoms with Crippen molar-refractivity contribution in [2.75, 3.05) is 13.1 Å². The van der Waals surface area contributed by atoms with Crippen LogP contribution in [0.15, 0.2) is 34.2 Å². The molecule has 7 nitrogen and oxygen atoms in total. The molecule has 4 rings (SSSR count). The van der Waals surface area contributed by atoms with Crippen molar-refractivity contribution in [1.29, 1.82) is 0 Å². The molecular formula is C18H19ClFN5O2S. The fourth-order valence-electron chi connectivity index (χ4n) is 3.15. The van der Waals surface area contributed by atoms with Gasteiger partial charge in [-0.25, -0.2) is 9.37 Å². The van der Waals surface area contributed by atoms with Crippen LogP contribution in [-0.4, -0.2) is 39.0 Å². The predicted octanol–water partition coefficient (Wildman–Crippen LogP) is 3.23. The first-order valence-corrected chi connectivity index (χ1v) is 9.55. The summed E-state index contributed by atoms with van der Waals surface area (Å²) in [7, 11) is 0. The number of nitrogens with zero attached hydrogens (tertiary/aromatic N) is 4. The zero-order valence-corrected chi connectivity index (χ0v) is 16.5. The van der Waals surface area contributed by atoms with Crippen molar-refractivity contribution in [3.05, 3.63) is 52.1 Å². The quantitative estimate of drug-likeness (QED) is 0.691. The lowest BCUT2D eigenvalue weighted by Gasteiger charge is -2.30. The molecule has 1 saturated heterocycles. The number of rotatable bonds is 4. The Morgan fingerprint density at radius 1 is 1.32 bits per heavy atom. The van der Waals surface area contributed by atoms with Crippen molar-refractivity contribution >= 4 is 29.7 Å². The lowest BCUT2D eigenvalue weighted by atomic mass is 9.97. The average Bonchev–Trinajstić information content (AvgIpc) is 3.38. The fraction of sp³-hybridized carbons (Fsp3) is 0.333. The maximum Gasteiger partial charge on any atom is 0.273 e. The van der Waals surface area contributed by atoms with E-state index < -0.39 is 0 Å². The van der Waals surface area contributed by atoms with Crippen molar-refractivity contribution < 1.29 is 13.7 Å². The number of amides is 1. The summed E-state index contributed by atoms with van der Waals surface area (Å²) >= 11 is 1.39. The van der Waals surface area contributed by atoms with Gasteiger partial charge in [0.05, 0.1) is 5.92 Å². The number of hydrogen-bond donors (Lipinski definition) is 1. The number of carbonyl (C=O) groups is 1. The minimum atomic E-state index is -0.316. The van der Waals surface area contributed by atoms with E-state index in [0.717, 1.165) is 17.8 Å². The summed E-state index contributed by atoms with van der Waals surface area (Å²) in [5.74, 6) is 0.461. The smallest absolute Gasteiger partial charge is 0.273 e. The van der Waals surface area contributed by atoms with E-state index in [4.69, 9.17) is 10.3 Å². The minimum absolute atomic E-state index is 0. The van der Waals surface area contributed by atoms with Crippen LogP contribution in [0.4, 0.5) is 4.39 Å². The molecule has 0 aliphatic carbocycles. The number of likely N-dealkylation sites (tertiary alicyclic amines) is 1. The van der Waals surface area contributed by atoms with E-state index in [1.807, 2.05) is 0 Å². The van der Waals surface area contributed by atoms with Crippen LogP contribution in [-0.2, 0) is 6.54 Å². The second kappa shape index (κ2) is 8.76. The van der Waals surface area contributed by atoms with Gasteiger partial charge in [-0.15, -0.1) is 23.7 Å². The molecule has 0 saturated carbocycles. The Balaban J connectivity index is 0.00000225. The molecule has 0 spiro atoms. The topological polar surface area (TPSA) is 98.1 Å². The van der Waals surface area contributed by atoms with Crippen LogP contribution in [0.25, 0.3) is 11.4 Å². The Morgan fingerprint density at radius 2 is 2.11 bits per heavy atom. The van der Waals surface area contributed by atoms with E-state index in [-0.39, 0.29) is 30.0 Å². The summed E-state index contributed by atoms with van der Waals surface area (Å²) in [5, 5.41) is 6.48. The Morgan fingerprint density at radius 3 is 2.82 bits per heavy atom. The molecule has 28 heavy (non-hydrogen) atoms. The highest BCUT2D eigenvalue weighted by Gasteiger charge is 2.30. The number of hydrogen-bond acceptors (Lipinski definition) is 7. The first-order chi connectivity index (χ1) is 13.1. The minimum Gasteiger partial charge on any atom is -0.339 e. The molecule has 3 aromatic rings. The van der Waals surface area contributed by atoms with Crippen molar-refractivity contribution in [1.82, 2.24) is 20.0 Å². The highest BCUT2D eigenvalue weighted by molar-refractivity contribution is 7.09. The number of carbonyl (C=O) groups excluding carboxylic acids is 1. The van der Waals surface area contributed by atoms with Gasteiger partial charge in [-0.2, -0.15) is 4.98 Å². The summed E-state index contributed by atoms with van der Waals surface area (Å²) in [6.07, 6.45) is 1.71. The third-order valence-electron chi connectivity index (χ3n) is 4.55. The average molecular weight is 424 g/mol. The summed E-state index contributed by atoms with van der Waals surface area (Å²) in [6, 6.07) is 5.93. The van der Waals surface area contributed by atoms with Crippen LogP contribution in [0, 0.1) is 5.82 Å². The fourth-order valence-corrected chi connectivity index (χ4v) is 3.79. The van der Waals surface area contributed by atoms with Gasteiger partial charge >= 0.3 is 0 Å². The SMILES string of the molecule is Cl.NCc1nc(C(=O)N2CCCC(c3nc(-c4ccc(F)cc4)no3)C2)cs1. The molecule has 1 aromatic carbocycles. The van der Waals surface area contributed by atoms with Crippen LogP contribution < -0.4 is 5.73 Å². The molecule has 1 aliphatic heterocycles. The van der Waals surface area contributed by atoms with Gasteiger partial charge in [0, 0.05) is 30.6 Å². The standard InChI is InChI=1S/C18H18FN5O2S.ClH/c19-13-5-3-11(4-6-13)16-22-17(26-23-16)12-2-1-7-24(9-12)18(25)14-10-27-15(8-20)21-14;/h3-6,10,12H,1-2,7-9,20H2;1H. The number of nitrogens with two attached hydrogens (primary N) is 1. The van der Waals surface area contributed by atoms with Gasteiger partial charge in [0.15, 0.2) is 0 Å². The molecule has 1 atom stereocenters. The molecule has 2 aromatic heterocycles. The molecule has 10 heteroatoms. The highest BCUT2D eigenvalue weighted by atomic mass is 35.5. The lowest BCUT2D eigenvalue weighted by Crippen LogP contribution is -2.39. The zero-order valence-electron chi connectivity index (χ0n) is 14.9. The molecule has 1 unspecified atom stereocenters. The summed E-state index contributed by atoms with van der Waals surface area (Å²) in [6.45, 7) is 1.50. The highest BCUT2D eigenvalue weighted by Crippen LogP contribution is 2.28. The zero-order chi connectivity index (χ0) is 18.8. The lowest BCUT2D eigenvalue weighted by molar-refractivity contribution is 0.0690. The number of halogens is 2. The van der Waals surface area contributed by atoms with Gasteiger partial charge in [-0.1, -0.05) is 5.16 Å². The number of thiazole rings is 1. The van der Waals surface area contributed by atoms with E-state index in [9.17, 15) is 9.18 Å². The number of benzene rings is 1. The van der Waals surface area contributed by atoms with Crippen LogP contribution in [0.5, 0.6) is 0 Å². The van der Waals surface area contributed by atoms with Gasteiger partial charge in [0.2, 0.25) is 11.7 Å². The molecule has 3 heterocycles. The summed E-state index contributed by atoms with van der Waals surface area (Å²) in [5.41, 5.74) is 6.69. The van der Waals surface area contributed by atoms with E-state index in [0.29, 0.717) is 42.6 Å². The van der Waals surface area contributed by atoms with Crippen LogP contribution in [0.3, 0.4) is 0 Å². The summed E-state index contributed by atoms with van der Waals surface area (Å²) < 4.78 is 18.5. The summed E-state index contributed by atoms with van der Waals surface area (Å²) in [4.78, 5) is 23.2. The molecule has 1 amide bonds. The van der Waals surface area contributed by atoms with Gasteiger partial charge in [-0.05, 0) is 37.1 Å². The molecule has 0 bridgehead atoms. The van der Waals surface area contributed by atoms with E-state index in [1.165, 1.54) is 23.5 Å². The number of aromatic nitrogens is 3. The largest absolute Gasteiger partial charge is 0.339 e. The van der Waals surface area contributed by atoms with Crippen LogP contribution in [0.1, 0.15) is 40.1 Å². The first kappa shape index (κ1) is 20.4. The second-order valence-electron chi connectivity index (χ2n) is 6.38. The molecular weight excluding hydrogens is 405 g/mol. The Kier molecular flexibility index (Phi) is 6.38. The Labute approximate surface area is 171 Å². The number of piperidine rings is 1. The van der Waals surface area contributed by atoms with Crippen molar-refractivity contribution in [3.63, 3.8) is 0 Å². The predicted molar refractivity (Wildman–Crippen MR) is 105 cm³/mol. The molecule has 148 valence electrons. The third-order valence-corrected chi connectivity index (χ3v) is 5.42.